The first-order chi connectivity index (χ1) is 13.4. The van der Waals surface area contributed by atoms with E-state index in [0.717, 1.165) is 5.56 Å². The number of anilines is 1. The van der Waals surface area contributed by atoms with E-state index in [1.165, 1.54) is 18.9 Å². The molecule has 0 saturated heterocycles. The van der Waals surface area contributed by atoms with Crippen molar-refractivity contribution in [2.75, 3.05) is 25.3 Å². The summed E-state index contributed by atoms with van der Waals surface area (Å²) < 4.78 is 13.9. The second kappa shape index (κ2) is 8.53. The molecule has 0 bridgehead atoms. The second-order valence-corrected chi connectivity index (χ2v) is 7.15. The monoisotopic (exact) mass is 422 g/mol. The normalized spacial score (nSPS) is 10.8. The SMILES string of the molecule is COc1ccc(Cl)cc1NC(=O)CSc1nnc(-c2cn(C)nc2OC)n1C. The maximum absolute atomic E-state index is 12.3. The largest absolute Gasteiger partial charge is 0.495 e. The topological polar surface area (TPSA) is 96.1 Å². The van der Waals surface area contributed by atoms with Gasteiger partial charge >= 0.3 is 0 Å². The fourth-order valence-corrected chi connectivity index (χ4v) is 3.42. The van der Waals surface area contributed by atoms with Crippen LogP contribution in [0.2, 0.25) is 5.02 Å². The highest BCUT2D eigenvalue weighted by molar-refractivity contribution is 7.99. The number of methoxy groups -OCH3 is 2. The zero-order valence-corrected chi connectivity index (χ0v) is 17.3. The highest BCUT2D eigenvalue weighted by atomic mass is 35.5. The van der Waals surface area contributed by atoms with Crippen molar-refractivity contribution < 1.29 is 14.3 Å². The first-order valence-corrected chi connectivity index (χ1v) is 9.53. The molecule has 28 heavy (non-hydrogen) atoms. The lowest BCUT2D eigenvalue weighted by Crippen LogP contribution is -2.15. The number of thioether (sulfide) groups is 1. The van der Waals surface area contributed by atoms with E-state index in [4.69, 9.17) is 21.1 Å². The summed E-state index contributed by atoms with van der Waals surface area (Å²) in [5, 5.41) is 16.5. The van der Waals surface area contributed by atoms with Crippen LogP contribution in [0, 0.1) is 0 Å². The molecule has 0 saturated carbocycles. The number of carbonyl (C=O) groups is 1. The molecule has 0 spiro atoms. The van der Waals surface area contributed by atoms with Gasteiger partial charge in [-0.25, -0.2) is 0 Å². The Balaban J connectivity index is 1.69. The van der Waals surface area contributed by atoms with Crippen molar-refractivity contribution in [3.63, 3.8) is 0 Å². The summed E-state index contributed by atoms with van der Waals surface area (Å²) in [5.74, 6) is 1.53. The van der Waals surface area contributed by atoms with Crippen LogP contribution in [-0.2, 0) is 18.9 Å². The minimum Gasteiger partial charge on any atom is -0.495 e. The molecule has 11 heteroatoms. The van der Waals surface area contributed by atoms with Gasteiger partial charge in [0.15, 0.2) is 11.0 Å². The Hall–Kier alpha value is -2.72. The van der Waals surface area contributed by atoms with Crippen LogP contribution in [-0.4, -0.2) is 50.4 Å². The van der Waals surface area contributed by atoms with Crippen molar-refractivity contribution >= 4 is 35.0 Å². The van der Waals surface area contributed by atoms with Crippen LogP contribution in [0.15, 0.2) is 29.6 Å². The van der Waals surface area contributed by atoms with E-state index in [-0.39, 0.29) is 11.7 Å². The van der Waals surface area contributed by atoms with Crippen LogP contribution in [0.1, 0.15) is 0 Å². The van der Waals surface area contributed by atoms with Crippen LogP contribution >= 0.6 is 23.4 Å². The number of amides is 1. The zero-order chi connectivity index (χ0) is 20.3. The van der Waals surface area contributed by atoms with Gasteiger partial charge in [-0.1, -0.05) is 23.4 Å². The number of nitrogens with one attached hydrogen (secondary N) is 1. The molecule has 0 aliphatic carbocycles. The molecule has 0 radical (unpaired) electrons. The molecular formula is C17H19ClN6O3S. The van der Waals surface area contributed by atoms with Gasteiger partial charge in [0, 0.05) is 25.3 Å². The summed E-state index contributed by atoms with van der Waals surface area (Å²) in [4.78, 5) is 12.3. The third-order valence-electron chi connectivity index (χ3n) is 3.83. The number of aromatic nitrogens is 5. The fourth-order valence-electron chi connectivity index (χ4n) is 2.54. The van der Waals surface area contributed by atoms with Crippen molar-refractivity contribution in [1.29, 1.82) is 0 Å². The van der Waals surface area contributed by atoms with Crippen LogP contribution in [0.25, 0.3) is 11.4 Å². The van der Waals surface area contributed by atoms with Crippen molar-refractivity contribution in [3.8, 4) is 23.0 Å². The Labute approximate surface area is 171 Å². The molecule has 3 rings (SSSR count). The zero-order valence-electron chi connectivity index (χ0n) is 15.8. The quantitative estimate of drug-likeness (QED) is 0.584. The molecule has 0 unspecified atom stereocenters. The molecule has 3 aromatic rings. The molecule has 1 N–H and O–H groups in total. The van der Waals surface area contributed by atoms with Crippen molar-refractivity contribution in [3.05, 3.63) is 29.4 Å². The average molecular weight is 423 g/mol. The van der Waals surface area contributed by atoms with E-state index in [2.05, 4.69) is 20.6 Å². The predicted molar refractivity (Wildman–Crippen MR) is 107 cm³/mol. The third-order valence-corrected chi connectivity index (χ3v) is 5.09. The van der Waals surface area contributed by atoms with Crippen LogP contribution in [0.5, 0.6) is 11.6 Å². The number of ether oxygens (including phenoxy) is 2. The first-order valence-electron chi connectivity index (χ1n) is 8.16. The van der Waals surface area contributed by atoms with E-state index >= 15 is 0 Å². The number of benzene rings is 1. The summed E-state index contributed by atoms with van der Waals surface area (Å²) in [7, 11) is 6.70. The van der Waals surface area contributed by atoms with Crippen molar-refractivity contribution in [2.24, 2.45) is 14.1 Å². The summed E-state index contributed by atoms with van der Waals surface area (Å²) in [5.41, 5.74) is 1.24. The number of hydrogen-bond acceptors (Lipinski definition) is 7. The minimum atomic E-state index is -0.214. The second-order valence-electron chi connectivity index (χ2n) is 5.77. The molecular weight excluding hydrogens is 404 g/mol. The lowest BCUT2D eigenvalue weighted by Gasteiger charge is -2.10. The van der Waals surface area contributed by atoms with E-state index in [9.17, 15) is 4.79 Å². The average Bonchev–Trinajstić information content (AvgIpc) is 3.22. The summed E-state index contributed by atoms with van der Waals surface area (Å²) in [6, 6.07) is 5.03. The van der Waals surface area contributed by atoms with Gasteiger partial charge in [-0.15, -0.1) is 15.3 Å². The number of rotatable bonds is 7. The Bertz CT molecular complexity index is 1000. The lowest BCUT2D eigenvalue weighted by atomic mass is 10.3. The van der Waals surface area contributed by atoms with E-state index < -0.39 is 0 Å². The van der Waals surface area contributed by atoms with Gasteiger partial charge in [-0.2, -0.15) is 0 Å². The van der Waals surface area contributed by atoms with Gasteiger partial charge in [0.25, 0.3) is 0 Å². The molecule has 2 aromatic heterocycles. The maximum Gasteiger partial charge on any atom is 0.243 e. The Kier molecular flexibility index (Phi) is 6.10. The maximum atomic E-state index is 12.3. The van der Waals surface area contributed by atoms with Crippen LogP contribution in [0.4, 0.5) is 5.69 Å². The number of hydrogen-bond donors (Lipinski definition) is 1. The molecule has 0 atom stereocenters. The van der Waals surface area contributed by atoms with E-state index in [1.807, 2.05) is 7.05 Å². The number of nitrogens with zero attached hydrogens (tertiary/aromatic N) is 5. The number of halogens is 1. The Morgan fingerprint density at radius 1 is 1.25 bits per heavy atom. The molecule has 148 valence electrons. The predicted octanol–water partition coefficient (Wildman–Crippen LogP) is 2.62. The summed E-state index contributed by atoms with van der Waals surface area (Å²) in [6.07, 6.45) is 1.80. The first kappa shape index (κ1) is 20.0. The molecule has 0 aliphatic rings. The molecule has 1 aromatic carbocycles. The smallest absolute Gasteiger partial charge is 0.243 e. The van der Waals surface area contributed by atoms with Gasteiger partial charge < -0.3 is 19.4 Å². The molecule has 0 fully saturated rings. The van der Waals surface area contributed by atoms with E-state index in [0.29, 0.717) is 33.3 Å². The minimum absolute atomic E-state index is 0.145. The molecule has 1 amide bonds. The Morgan fingerprint density at radius 2 is 2.04 bits per heavy atom. The molecule has 9 nitrogen and oxygen atoms in total. The Morgan fingerprint density at radius 3 is 2.75 bits per heavy atom. The number of carbonyl (C=O) groups excluding carboxylic acids is 1. The third kappa shape index (κ3) is 4.23. The molecule has 0 aliphatic heterocycles. The highest BCUT2D eigenvalue weighted by Crippen LogP contribution is 2.30. The van der Waals surface area contributed by atoms with Gasteiger partial charge in [0.05, 0.1) is 25.7 Å². The van der Waals surface area contributed by atoms with Gasteiger partial charge in [0.2, 0.25) is 11.8 Å². The van der Waals surface area contributed by atoms with Gasteiger partial charge in [-0.3, -0.25) is 9.48 Å². The lowest BCUT2D eigenvalue weighted by molar-refractivity contribution is -0.113. The molecule has 2 heterocycles. The van der Waals surface area contributed by atoms with Crippen molar-refractivity contribution in [2.45, 2.75) is 5.16 Å². The number of aryl methyl sites for hydroxylation is 1. The summed E-state index contributed by atoms with van der Waals surface area (Å²) in [6.45, 7) is 0. The van der Waals surface area contributed by atoms with Crippen molar-refractivity contribution in [1.82, 2.24) is 24.5 Å². The standard InChI is InChI=1S/C17H19ClN6O3S/c1-23-8-11(16(22-23)27-4)15-20-21-17(24(15)2)28-9-14(25)19-12-7-10(18)5-6-13(12)26-3/h5-8H,9H2,1-4H3,(H,19,25). The van der Waals surface area contributed by atoms with Gasteiger partial charge in [-0.05, 0) is 18.2 Å². The summed E-state index contributed by atoms with van der Waals surface area (Å²) >= 11 is 7.25. The van der Waals surface area contributed by atoms with Crippen LogP contribution < -0.4 is 14.8 Å². The van der Waals surface area contributed by atoms with E-state index in [1.54, 1.807) is 47.8 Å². The van der Waals surface area contributed by atoms with Crippen LogP contribution in [0.3, 0.4) is 0 Å². The van der Waals surface area contributed by atoms with Gasteiger partial charge in [0.1, 0.15) is 11.3 Å². The highest BCUT2D eigenvalue weighted by Gasteiger charge is 2.19. The fraction of sp³-hybridized carbons (Fsp3) is 0.294.